The molecule has 0 aliphatic carbocycles. The first-order valence-corrected chi connectivity index (χ1v) is 8.75. The number of nitriles is 1. The second kappa shape index (κ2) is 7.29. The summed E-state index contributed by atoms with van der Waals surface area (Å²) in [4.78, 5) is 17.2. The van der Waals surface area contributed by atoms with Gasteiger partial charge < -0.3 is 11.1 Å². The van der Waals surface area contributed by atoms with Crippen LogP contribution in [0.15, 0.2) is 61.2 Å². The lowest BCUT2D eigenvalue weighted by Crippen LogP contribution is -2.13. The molecule has 0 bridgehead atoms. The average molecular weight is 367 g/mol. The van der Waals surface area contributed by atoms with Crippen molar-refractivity contribution in [1.82, 2.24) is 19.9 Å². The molecule has 0 saturated carbocycles. The molecule has 0 fully saturated rings. The zero-order valence-corrected chi connectivity index (χ0v) is 15.2. The summed E-state index contributed by atoms with van der Waals surface area (Å²) >= 11 is 0. The number of nitrogens with zero attached hydrogens (tertiary/aromatic N) is 5. The topological polar surface area (TPSA) is 113 Å². The number of aromatic nitrogens is 4. The second-order valence-corrected chi connectivity index (χ2v) is 6.28. The Balaban J connectivity index is 1.85. The van der Waals surface area contributed by atoms with Crippen molar-refractivity contribution < 1.29 is 0 Å². The predicted molar refractivity (Wildman–Crippen MR) is 108 cm³/mol. The van der Waals surface area contributed by atoms with Crippen molar-refractivity contribution in [2.75, 3.05) is 11.1 Å². The van der Waals surface area contributed by atoms with Crippen molar-refractivity contribution in [2.45, 2.75) is 13.0 Å². The molecule has 0 spiro atoms. The minimum Gasteiger partial charge on any atom is -0.382 e. The number of pyridine rings is 2. The fourth-order valence-electron chi connectivity index (χ4n) is 3.18. The summed E-state index contributed by atoms with van der Waals surface area (Å²) < 4.78 is 0. The molecule has 1 aromatic carbocycles. The van der Waals surface area contributed by atoms with E-state index in [1.165, 1.54) is 6.33 Å². The lowest BCUT2D eigenvalue weighted by atomic mass is 9.96. The third-order valence-corrected chi connectivity index (χ3v) is 4.53. The molecule has 28 heavy (non-hydrogen) atoms. The minimum absolute atomic E-state index is 0.147. The number of nitrogens with one attached hydrogen (secondary N) is 1. The molecule has 3 heterocycles. The molecule has 0 radical (unpaired) electrons. The van der Waals surface area contributed by atoms with Gasteiger partial charge in [0.25, 0.3) is 0 Å². The Morgan fingerprint density at radius 1 is 1.04 bits per heavy atom. The molecule has 3 N–H and O–H groups in total. The zero-order chi connectivity index (χ0) is 19.5. The molecule has 7 heteroatoms. The summed E-state index contributed by atoms with van der Waals surface area (Å²) in [6, 6.07) is 15.6. The van der Waals surface area contributed by atoms with Crippen molar-refractivity contribution in [3.05, 3.63) is 72.3 Å². The van der Waals surface area contributed by atoms with E-state index in [0.717, 1.165) is 27.7 Å². The summed E-state index contributed by atoms with van der Waals surface area (Å²) in [5.41, 5.74) is 9.71. The van der Waals surface area contributed by atoms with E-state index in [9.17, 15) is 5.26 Å². The minimum atomic E-state index is -0.199. The van der Waals surface area contributed by atoms with Crippen molar-refractivity contribution in [2.24, 2.45) is 0 Å². The number of hydrogen-bond donors (Lipinski definition) is 2. The molecule has 7 nitrogen and oxygen atoms in total. The molecule has 4 aromatic rings. The van der Waals surface area contributed by atoms with E-state index in [0.29, 0.717) is 5.82 Å². The first-order chi connectivity index (χ1) is 13.7. The third kappa shape index (κ3) is 3.08. The Kier molecular flexibility index (Phi) is 4.52. The average Bonchev–Trinajstić information content (AvgIpc) is 2.73. The van der Waals surface area contributed by atoms with Gasteiger partial charge in [0.2, 0.25) is 0 Å². The SMILES string of the molecule is CC(Nc1ncnc(N)c1C#N)c1cnc2ccccc2c1-c1ccccn1. The molecule has 136 valence electrons. The van der Waals surface area contributed by atoms with Crippen LogP contribution in [0, 0.1) is 11.3 Å². The predicted octanol–water partition coefficient (Wildman–Crippen LogP) is 3.71. The van der Waals surface area contributed by atoms with Gasteiger partial charge >= 0.3 is 0 Å². The van der Waals surface area contributed by atoms with Gasteiger partial charge in [-0.2, -0.15) is 5.26 Å². The number of para-hydroxylation sites is 1. The first-order valence-electron chi connectivity index (χ1n) is 8.75. The van der Waals surface area contributed by atoms with Crippen molar-refractivity contribution in [3.8, 4) is 17.3 Å². The lowest BCUT2D eigenvalue weighted by Gasteiger charge is -2.20. The number of anilines is 2. The monoisotopic (exact) mass is 367 g/mol. The Labute approximate surface area is 161 Å². The normalized spacial score (nSPS) is 11.7. The van der Waals surface area contributed by atoms with Crippen LogP contribution in [0.5, 0.6) is 0 Å². The van der Waals surface area contributed by atoms with Crippen molar-refractivity contribution >= 4 is 22.5 Å². The molecule has 0 amide bonds. The summed E-state index contributed by atoms with van der Waals surface area (Å²) in [7, 11) is 0. The summed E-state index contributed by atoms with van der Waals surface area (Å²) in [6.45, 7) is 1.98. The maximum absolute atomic E-state index is 9.38. The van der Waals surface area contributed by atoms with Crippen LogP contribution < -0.4 is 11.1 Å². The molecular formula is C21H17N7. The van der Waals surface area contributed by atoms with Gasteiger partial charge in [-0.25, -0.2) is 9.97 Å². The fraction of sp³-hybridized carbons (Fsp3) is 0.0952. The van der Waals surface area contributed by atoms with Crippen LogP contribution in [0.2, 0.25) is 0 Å². The number of nitrogens with two attached hydrogens (primary N) is 1. The number of rotatable bonds is 4. The van der Waals surface area contributed by atoms with E-state index in [4.69, 9.17) is 5.73 Å². The van der Waals surface area contributed by atoms with Crippen molar-refractivity contribution in [3.63, 3.8) is 0 Å². The third-order valence-electron chi connectivity index (χ3n) is 4.53. The highest BCUT2D eigenvalue weighted by Crippen LogP contribution is 2.34. The van der Waals surface area contributed by atoms with Crippen LogP contribution in [0.1, 0.15) is 24.1 Å². The molecular weight excluding hydrogens is 350 g/mol. The number of nitrogen functional groups attached to an aromatic ring is 1. The molecule has 3 aromatic heterocycles. The van der Waals surface area contributed by atoms with E-state index in [2.05, 4.69) is 31.3 Å². The Hall–Kier alpha value is -4.05. The summed E-state index contributed by atoms with van der Waals surface area (Å²) in [5.74, 6) is 0.538. The highest BCUT2D eigenvalue weighted by atomic mass is 15.1. The van der Waals surface area contributed by atoms with Gasteiger partial charge in [-0.3, -0.25) is 9.97 Å². The van der Waals surface area contributed by atoms with Crippen LogP contribution in [0.25, 0.3) is 22.2 Å². The molecule has 0 saturated heterocycles. The van der Waals surface area contributed by atoms with Crippen molar-refractivity contribution in [1.29, 1.82) is 5.26 Å². The largest absolute Gasteiger partial charge is 0.382 e. The van der Waals surface area contributed by atoms with E-state index in [-0.39, 0.29) is 17.4 Å². The van der Waals surface area contributed by atoms with Crippen LogP contribution >= 0.6 is 0 Å². The summed E-state index contributed by atoms with van der Waals surface area (Å²) in [5, 5.41) is 13.7. The van der Waals surface area contributed by atoms with Gasteiger partial charge in [-0.15, -0.1) is 0 Å². The van der Waals surface area contributed by atoms with Gasteiger partial charge in [0.15, 0.2) is 0 Å². The maximum Gasteiger partial charge on any atom is 0.150 e. The maximum atomic E-state index is 9.38. The van der Waals surface area contributed by atoms with Crippen LogP contribution in [-0.4, -0.2) is 19.9 Å². The number of fused-ring (bicyclic) bond motifs is 1. The van der Waals surface area contributed by atoms with Gasteiger partial charge in [-0.1, -0.05) is 24.3 Å². The standard InChI is InChI=1S/C21H17N7/c1-13(28-21-15(10-22)20(23)26-12-27-21)16-11-25-17-7-3-2-6-14(17)19(16)18-8-4-5-9-24-18/h2-9,11-13H,1H3,(H3,23,26,27,28). The van der Waals surface area contributed by atoms with E-state index in [1.54, 1.807) is 6.20 Å². The number of benzene rings is 1. The van der Waals surface area contributed by atoms with Gasteiger partial charge in [0.1, 0.15) is 29.6 Å². The molecule has 0 aliphatic heterocycles. The molecule has 4 rings (SSSR count). The van der Waals surface area contributed by atoms with Crippen LogP contribution in [0.3, 0.4) is 0 Å². The van der Waals surface area contributed by atoms with E-state index < -0.39 is 0 Å². The Morgan fingerprint density at radius 2 is 1.86 bits per heavy atom. The highest BCUT2D eigenvalue weighted by molar-refractivity contribution is 5.95. The smallest absolute Gasteiger partial charge is 0.150 e. The van der Waals surface area contributed by atoms with Gasteiger partial charge in [-0.05, 0) is 25.1 Å². The highest BCUT2D eigenvalue weighted by Gasteiger charge is 2.19. The van der Waals surface area contributed by atoms with E-state index >= 15 is 0 Å². The van der Waals surface area contributed by atoms with Gasteiger partial charge in [0, 0.05) is 28.9 Å². The van der Waals surface area contributed by atoms with Crippen LogP contribution in [-0.2, 0) is 0 Å². The summed E-state index contributed by atoms with van der Waals surface area (Å²) in [6.07, 6.45) is 4.94. The van der Waals surface area contributed by atoms with Gasteiger partial charge in [0.05, 0.1) is 17.3 Å². The molecule has 1 unspecified atom stereocenters. The fourth-order valence-corrected chi connectivity index (χ4v) is 3.18. The van der Waals surface area contributed by atoms with E-state index in [1.807, 2.05) is 55.6 Å². The Bertz CT molecular complexity index is 1180. The second-order valence-electron chi connectivity index (χ2n) is 6.28. The zero-order valence-electron chi connectivity index (χ0n) is 15.2. The molecule has 0 aliphatic rings. The first kappa shape index (κ1) is 17.4. The lowest BCUT2D eigenvalue weighted by molar-refractivity contribution is 0.867. The quantitative estimate of drug-likeness (QED) is 0.565. The number of hydrogen-bond acceptors (Lipinski definition) is 7. The Morgan fingerprint density at radius 3 is 2.64 bits per heavy atom. The van der Waals surface area contributed by atoms with Crippen LogP contribution in [0.4, 0.5) is 11.6 Å². The molecule has 1 atom stereocenters.